The zero-order valence-corrected chi connectivity index (χ0v) is 15.9. The van der Waals surface area contributed by atoms with E-state index in [9.17, 15) is 4.79 Å². The average Bonchev–Trinajstić information content (AvgIpc) is 3.18. The molecule has 0 aliphatic carbocycles. The largest absolute Gasteiger partial charge is 0.336 e. The highest BCUT2D eigenvalue weighted by Gasteiger charge is 2.57. The number of carbonyl (C=O) groups is 1. The van der Waals surface area contributed by atoms with Crippen molar-refractivity contribution in [2.75, 3.05) is 24.7 Å². The second kappa shape index (κ2) is 7.88. The van der Waals surface area contributed by atoms with Crippen molar-refractivity contribution in [1.82, 2.24) is 0 Å². The normalized spacial score (nSPS) is 18.4. The van der Waals surface area contributed by atoms with Crippen LogP contribution in [-0.2, 0) is 20.1 Å². The molecule has 25 heavy (non-hydrogen) atoms. The maximum absolute atomic E-state index is 13.2. The first kappa shape index (κ1) is 18.4. The highest BCUT2D eigenvalue weighted by Crippen LogP contribution is 2.48. The van der Waals surface area contributed by atoms with Gasteiger partial charge in [0.15, 0.2) is 0 Å². The fraction of sp³-hybridized carbons (Fsp3) is 0.667. The molecule has 0 bridgehead atoms. The molecule has 0 aromatic heterocycles. The molecule has 1 aromatic carbocycles. The molecule has 2 aliphatic heterocycles. The van der Waals surface area contributed by atoms with Gasteiger partial charge in [0, 0.05) is 12.1 Å². The molecule has 2 heterocycles. The Morgan fingerprint density at radius 1 is 0.960 bits per heavy atom. The first-order valence-electron chi connectivity index (χ1n) is 9.82. The van der Waals surface area contributed by atoms with E-state index in [1.807, 2.05) is 11.8 Å². The van der Waals surface area contributed by atoms with Gasteiger partial charge in [-0.25, -0.2) is 0 Å². The molecule has 1 saturated heterocycles. The van der Waals surface area contributed by atoms with Crippen LogP contribution in [0.1, 0.15) is 68.6 Å². The quantitative estimate of drug-likeness (QED) is 0.646. The van der Waals surface area contributed by atoms with Crippen LogP contribution >= 0.6 is 0 Å². The first-order chi connectivity index (χ1) is 12.1. The van der Waals surface area contributed by atoms with Crippen molar-refractivity contribution in [3.05, 3.63) is 28.8 Å². The Hall–Kier alpha value is -1.39. The molecule has 1 fully saturated rings. The van der Waals surface area contributed by atoms with Gasteiger partial charge in [-0.3, -0.25) is 4.79 Å². The zero-order chi connectivity index (χ0) is 17.9. The Kier molecular flexibility index (Phi) is 5.80. The second-order valence-corrected chi connectivity index (χ2v) is 7.31. The number of amides is 1. The highest BCUT2D eigenvalue weighted by molar-refractivity contribution is 6.07. The molecule has 2 aliphatic rings. The van der Waals surface area contributed by atoms with Crippen molar-refractivity contribution in [2.24, 2.45) is 0 Å². The molecule has 0 atom stereocenters. The van der Waals surface area contributed by atoms with Crippen LogP contribution in [0.25, 0.3) is 0 Å². The van der Waals surface area contributed by atoms with Crippen molar-refractivity contribution in [2.45, 2.75) is 71.5 Å². The number of ether oxygens (including phenoxy) is 2. The summed E-state index contributed by atoms with van der Waals surface area (Å²) in [5.41, 5.74) is 4.13. The molecule has 0 radical (unpaired) electrons. The number of nitrogens with zero attached hydrogens (tertiary/aromatic N) is 1. The molecule has 4 heteroatoms. The van der Waals surface area contributed by atoms with Crippen LogP contribution in [-0.4, -0.2) is 25.7 Å². The maximum Gasteiger partial charge on any atom is 0.292 e. The summed E-state index contributed by atoms with van der Waals surface area (Å²) in [6.07, 6.45) is 8.67. The van der Waals surface area contributed by atoms with Crippen molar-refractivity contribution in [1.29, 1.82) is 0 Å². The second-order valence-electron chi connectivity index (χ2n) is 7.31. The van der Waals surface area contributed by atoms with Gasteiger partial charge >= 0.3 is 0 Å². The zero-order valence-electron chi connectivity index (χ0n) is 15.9. The third kappa shape index (κ3) is 3.34. The molecule has 1 amide bonds. The molecule has 0 unspecified atom stereocenters. The van der Waals surface area contributed by atoms with Crippen molar-refractivity contribution >= 4 is 11.6 Å². The topological polar surface area (TPSA) is 38.8 Å². The van der Waals surface area contributed by atoms with E-state index in [1.54, 1.807) is 0 Å². The number of anilines is 1. The molecule has 3 rings (SSSR count). The van der Waals surface area contributed by atoms with Crippen molar-refractivity contribution in [3.8, 4) is 0 Å². The third-order valence-electron chi connectivity index (χ3n) is 5.39. The highest BCUT2D eigenvalue weighted by atomic mass is 16.7. The summed E-state index contributed by atoms with van der Waals surface area (Å²) in [4.78, 5) is 15.1. The van der Waals surface area contributed by atoms with Gasteiger partial charge in [-0.1, -0.05) is 57.6 Å². The van der Waals surface area contributed by atoms with E-state index in [0.717, 1.165) is 35.3 Å². The summed E-state index contributed by atoms with van der Waals surface area (Å²) in [6.45, 7) is 8.04. The van der Waals surface area contributed by atoms with Crippen LogP contribution in [0.5, 0.6) is 0 Å². The molecular formula is C21H31NO3. The Labute approximate surface area is 151 Å². The van der Waals surface area contributed by atoms with Crippen molar-refractivity contribution in [3.63, 3.8) is 0 Å². The summed E-state index contributed by atoms with van der Waals surface area (Å²) in [6, 6.07) is 4.15. The van der Waals surface area contributed by atoms with Crippen LogP contribution in [0.4, 0.5) is 5.69 Å². The fourth-order valence-electron chi connectivity index (χ4n) is 4.07. The average molecular weight is 345 g/mol. The lowest BCUT2D eigenvalue weighted by Crippen LogP contribution is -2.41. The predicted molar refractivity (Wildman–Crippen MR) is 99.8 cm³/mol. The van der Waals surface area contributed by atoms with E-state index in [4.69, 9.17) is 9.47 Å². The number of hydrogen-bond donors (Lipinski definition) is 0. The van der Waals surface area contributed by atoms with Gasteiger partial charge < -0.3 is 14.4 Å². The summed E-state index contributed by atoms with van der Waals surface area (Å²) in [5, 5.41) is 0. The van der Waals surface area contributed by atoms with Gasteiger partial charge in [0.05, 0.1) is 18.9 Å². The Balaban J connectivity index is 1.71. The first-order valence-corrected chi connectivity index (χ1v) is 9.82. The van der Waals surface area contributed by atoms with Gasteiger partial charge in [-0.2, -0.15) is 0 Å². The van der Waals surface area contributed by atoms with Crippen LogP contribution in [0.2, 0.25) is 0 Å². The molecule has 4 nitrogen and oxygen atoms in total. The smallest absolute Gasteiger partial charge is 0.292 e. The minimum Gasteiger partial charge on any atom is -0.336 e. The predicted octanol–water partition coefficient (Wildman–Crippen LogP) is 4.60. The lowest BCUT2D eigenvalue weighted by molar-refractivity contribution is -0.180. The molecule has 0 saturated carbocycles. The van der Waals surface area contributed by atoms with Crippen LogP contribution < -0.4 is 4.90 Å². The van der Waals surface area contributed by atoms with Crippen LogP contribution in [0.3, 0.4) is 0 Å². The number of unbranched alkanes of at least 4 members (excludes halogenated alkanes) is 6. The minimum atomic E-state index is -1.19. The lowest BCUT2D eigenvalue weighted by atomic mass is 9.98. The van der Waals surface area contributed by atoms with E-state index in [2.05, 4.69) is 26.0 Å². The molecule has 1 aromatic rings. The van der Waals surface area contributed by atoms with Crippen LogP contribution in [0, 0.1) is 13.8 Å². The van der Waals surface area contributed by atoms with Gasteiger partial charge in [0.25, 0.3) is 11.7 Å². The van der Waals surface area contributed by atoms with Crippen molar-refractivity contribution < 1.29 is 14.3 Å². The molecule has 138 valence electrons. The van der Waals surface area contributed by atoms with E-state index in [-0.39, 0.29) is 5.91 Å². The fourth-order valence-corrected chi connectivity index (χ4v) is 4.07. The summed E-state index contributed by atoms with van der Waals surface area (Å²) < 4.78 is 11.7. The maximum atomic E-state index is 13.2. The Bertz CT molecular complexity index is 620. The van der Waals surface area contributed by atoms with Gasteiger partial charge in [-0.05, 0) is 31.4 Å². The van der Waals surface area contributed by atoms with E-state index < -0.39 is 5.79 Å². The minimum absolute atomic E-state index is 0.0385. The summed E-state index contributed by atoms with van der Waals surface area (Å²) >= 11 is 0. The molecular weight excluding hydrogens is 314 g/mol. The van der Waals surface area contributed by atoms with Gasteiger partial charge in [0.1, 0.15) is 0 Å². The number of carbonyl (C=O) groups excluding carboxylic acids is 1. The van der Waals surface area contributed by atoms with Gasteiger partial charge in [-0.15, -0.1) is 0 Å². The van der Waals surface area contributed by atoms with Gasteiger partial charge in [0.2, 0.25) is 0 Å². The van der Waals surface area contributed by atoms with E-state index in [0.29, 0.717) is 13.2 Å². The SMILES string of the molecule is CCCCCCCCCN1C(=O)C2(OCCO2)c2c(C)ccc(C)c21. The van der Waals surface area contributed by atoms with Crippen LogP contribution in [0.15, 0.2) is 12.1 Å². The molecule has 1 spiro atoms. The number of benzene rings is 1. The summed E-state index contributed by atoms with van der Waals surface area (Å²) in [5.74, 6) is -1.23. The lowest BCUT2D eigenvalue weighted by Gasteiger charge is -2.22. The third-order valence-corrected chi connectivity index (χ3v) is 5.39. The number of fused-ring (bicyclic) bond motifs is 2. The number of hydrogen-bond acceptors (Lipinski definition) is 3. The monoisotopic (exact) mass is 345 g/mol. The van der Waals surface area contributed by atoms with E-state index in [1.165, 1.54) is 38.5 Å². The Morgan fingerprint density at radius 2 is 1.56 bits per heavy atom. The number of aryl methyl sites for hydroxylation is 2. The van der Waals surface area contributed by atoms with E-state index >= 15 is 0 Å². The Morgan fingerprint density at radius 3 is 2.24 bits per heavy atom. The molecule has 0 N–H and O–H groups in total. The standard InChI is InChI=1S/C21H31NO3/c1-4-5-6-7-8-9-10-13-22-19-17(3)12-11-16(2)18(19)21(20(22)23)24-14-15-25-21/h11-12H,4-10,13-15H2,1-3H3. The summed E-state index contributed by atoms with van der Waals surface area (Å²) in [7, 11) is 0. The number of rotatable bonds is 8.